The molecule has 0 radical (unpaired) electrons. The fourth-order valence-corrected chi connectivity index (χ4v) is 5.38. The molecule has 31 heavy (non-hydrogen) atoms. The van der Waals surface area contributed by atoms with E-state index in [-0.39, 0.29) is 24.1 Å². The highest BCUT2D eigenvalue weighted by atomic mass is 16.2. The van der Waals surface area contributed by atoms with Gasteiger partial charge in [-0.15, -0.1) is 0 Å². The van der Waals surface area contributed by atoms with Crippen molar-refractivity contribution in [1.29, 1.82) is 0 Å². The van der Waals surface area contributed by atoms with E-state index in [1.807, 2.05) is 6.07 Å². The van der Waals surface area contributed by atoms with Crippen LogP contribution in [0.15, 0.2) is 18.2 Å². The highest BCUT2D eigenvalue weighted by Gasteiger charge is 2.40. The number of nitrogens with two attached hydrogens (primary N) is 1. The summed E-state index contributed by atoms with van der Waals surface area (Å²) in [5.41, 5.74) is 8.65. The van der Waals surface area contributed by atoms with Crippen molar-refractivity contribution >= 4 is 17.7 Å². The highest BCUT2D eigenvalue weighted by Crippen LogP contribution is 2.37. The largest absolute Gasteiger partial charge is 0.329 e. The van der Waals surface area contributed by atoms with Gasteiger partial charge in [0, 0.05) is 63.8 Å². The third-order valence-corrected chi connectivity index (χ3v) is 7.20. The van der Waals surface area contributed by atoms with E-state index in [0.717, 1.165) is 44.2 Å². The van der Waals surface area contributed by atoms with Gasteiger partial charge in [-0.1, -0.05) is 12.1 Å². The standard InChI is InChI=1S/C23H31N5O3/c24-7-8-26-9-10-27(20(14-26)16-2-3-16)12-15-1-4-18-17(11-15)13-28(23(18)31)19-5-6-21(29)25-22(19)30/h1,4,11,16,19-20H,2-3,5-10,12-14,24H2,(H,25,29,30). The Morgan fingerprint density at radius 1 is 1.10 bits per heavy atom. The molecule has 2 atom stereocenters. The van der Waals surface area contributed by atoms with Crippen LogP contribution in [-0.2, 0) is 22.7 Å². The van der Waals surface area contributed by atoms with Crippen molar-refractivity contribution in [1.82, 2.24) is 20.0 Å². The minimum absolute atomic E-state index is 0.109. The number of hydrogen-bond acceptors (Lipinski definition) is 6. The van der Waals surface area contributed by atoms with E-state index in [9.17, 15) is 14.4 Å². The van der Waals surface area contributed by atoms with Gasteiger partial charge in [0.2, 0.25) is 11.8 Å². The Hall–Kier alpha value is -2.29. The molecule has 3 heterocycles. The number of nitrogens with zero attached hydrogens (tertiary/aromatic N) is 3. The van der Waals surface area contributed by atoms with Crippen LogP contribution in [-0.4, -0.2) is 77.2 Å². The molecule has 5 rings (SSSR count). The number of nitrogens with one attached hydrogen (secondary N) is 1. The van der Waals surface area contributed by atoms with Gasteiger partial charge in [-0.2, -0.15) is 0 Å². The van der Waals surface area contributed by atoms with Gasteiger partial charge in [0.15, 0.2) is 0 Å². The average Bonchev–Trinajstić information content (AvgIpc) is 3.54. The van der Waals surface area contributed by atoms with Crippen LogP contribution in [0.5, 0.6) is 0 Å². The molecule has 1 aliphatic carbocycles. The van der Waals surface area contributed by atoms with E-state index in [1.54, 1.807) is 4.90 Å². The predicted molar refractivity (Wildman–Crippen MR) is 115 cm³/mol. The Morgan fingerprint density at radius 3 is 2.68 bits per heavy atom. The van der Waals surface area contributed by atoms with Crippen molar-refractivity contribution in [3.05, 3.63) is 34.9 Å². The van der Waals surface area contributed by atoms with Gasteiger partial charge >= 0.3 is 0 Å². The molecule has 166 valence electrons. The van der Waals surface area contributed by atoms with Crippen LogP contribution in [0.1, 0.15) is 47.2 Å². The quantitative estimate of drug-likeness (QED) is 0.636. The molecule has 8 nitrogen and oxygen atoms in total. The lowest BCUT2D eigenvalue weighted by Gasteiger charge is -2.42. The lowest BCUT2D eigenvalue weighted by Crippen LogP contribution is -2.54. The molecule has 1 aromatic carbocycles. The fourth-order valence-electron chi connectivity index (χ4n) is 5.38. The summed E-state index contributed by atoms with van der Waals surface area (Å²) in [6.45, 7) is 6.18. The number of rotatable bonds is 6. The zero-order chi connectivity index (χ0) is 21.5. The summed E-state index contributed by atoms with van der Waals surface area (Å²) in [6, 6.07) is 6.12. The summed E-state index contributed by atoms with van der Waals surface area (Å²) in [5, 5.41) is 2.36. The summed E-state index contributed by atoms with van der Waals surface area (Å²) in [7, 11) is 0. The van der Waals surface area contributed by atoms with Crippen molar-refractivity contribution in [2.24, 2.45) is 11.7 Å². The molecule has 0 spiro atoms. The molecule has 0 aromatic heterocycles. The zero-order valence-electron chi connectivity index (χ0n) is 17.9. The van der Waals surface area contributed by atoms with Crippen LogP contribution >= 0.6 is 0 Å². The Labute approximate surface area is 182 Å². The van der Waals surface area contributed by atoms with E-state index in [4.69, 9.17) is 5.73 Å². The number of piperazine rings is 1. The smallest absolute Gasteiger partial charge is 0.255 e. The van der Waals surface area contributed by atoms with E-state index in [0.29, 0.717) is 31.1 Å². The molecule has 4 aliphatic rings. The van der Waals surface area contributed by atoms with Crippen LogP contribution in [0.2, 0.25) is 0 Å². The molecule has 3 amide bonds. The van der Waals surface area contributed by atoms with Crippen LogP contribution in [0, 0.1) is 5.92 Å². The van der Waals surface area contributed by atoms with Crippen molar-refractivity contribution in [2.45, 2.75) is 50.9 Å². The molecule has 1 saturated carbocycles. The average molecular weight is 426 g/mol. The Bertz CT molecular complexity index is 899. The number of amides is 3. The molecule has 0 bridgehead atoms. The van der Waals surface area contributed by atoms with Crippen molar-refractivity contribution in [2.75, 3.05) is 32.7 Å². The van der Waals surface area contributed by atoms with Crippen LogP contribution in [0.3, 0.4) is 0 Å². The first-order chi connectivity index (χ1) is 15.0. The third-order valence-electron chi connectivity index (χ3n) is 7.20. The molecule has 3 N–H and O–H groups in total. The number of fused-ring (bicyclic) bond motifs is 1. The Kier molecular flexibility index (Phi) is 5.54. The number of piperidine rings is 1. The van der Waals surface area contributed by atoms with Gasteiger partial charge < -0.3 is 10.6 Å². The van der Waals surface area contributed by atoms with Crippen LogP contribution < -0.4 is 11.1 Å². The molecular formula is C23H31N5O3. The number of carbonyl (C=O) groups excluding carboxylic acids is 3. The lowest BCUT2D eigenvalue weighted by molar-refractivity contribution is -0.136. The summed E-state index contributed by atoms with van der Waals surface area (Å²) < 4.78 is 0. The summed E-state index contributed by atoms with van der Waals surface area (Å²) in [4.78, 5) is 43.3. The van der Waals surface area contributed by atoms with Gasteiger partial charge in [0.05, 0.1) is 0 Å². The summed E-state index contributed by atoms with van der Waals surface area (Å²) >= 11 is 0. The van der Waals surface area contributed by atoms with Crippen LogP contribution in [0.4, 0.5) is 0 Å². The van der Waals surface area contributed by atoms with Crippen molar-refractivity contribution in [3.8, 4) is 0 Å². The minimum Gasteiger partial charge on any atom is -0.329 e. The van der Waals surface area contributed by atoms with Gasteiger partial charge in [-0.05, 0) is 42.4 Å². The number of imide groups is 1. The molecular weight excluding hydrogens is 394 g/mol. The minimum atomic E-state index is -0.559. The molecule has 8 heteroatoms. The predicted octanol–water partition coefficient (Wildman–Crippen LogP) is 0.303. The first-order valence-corrected chi connectivity index (χ1v) is 11.5. The molecule has 2 unspecified atom stereocenters. The lowest BCUT2D eigenvalue weighted by atomic mass is 10.0. The Morgan fingerprint density at radius 2 is 1.94 bits per heavy atom. The molecule has 1 aromatic rings. The number of benzene rings is 1. The number of carbonyl (C=O) groups is 3. The van der Waals surface area contributed by atoms with Crippen LogP contribution in [0.25, 0.3) is 0 Å². The second-order valence-corrected chi connectivity index (χ2v) is 9.36. The maximum Gasteiger partial charge on any atom is 0.255 e. The highest BCUT2D eigenvalue weighted by molar-refractivity contribution is 6.05. The number of hydrogen-bond donors (Lipinski definition) is 2. The maximum absolute atomic E-state index is 12.9. The van der Waals surface area contributed by atoms with Gasteiger partial charge in [-0.3, -0.25) is 29.5 Å². The summed E-state index contributed by atoms with van der Waals surface area (Å²) in [6.07, 6.45) is 3.31. The molecule has 3 fully saturated rings. The fraction of sp³-hybridized carbons (Fsp3) is 0.609. The maximum atomic E-state index is 12.9. The van der Waals surface area contributed by atoms with E-state index >= 15 is 0 Å². The Balaban J connectivity index is 1.28. The van der Waals surface area contributed by atoms with Gasteiger partial charge in [-0.25, -0.2) is 0 Å². The van der Waals surface area contributed by atoms with Gasteiger partial charge in [0.25, 0.3) is 5.91 Å². The van der Waals surface area contributed by atoms with Gasteiger partial charge in [0.1, 0.15) is 6.04 Å². The topological polar surface area (TPSA) is 99.0 Å². The molecule has 2 saturated heterocycles. The van der Waals surface area contributed by atoms with Crippen molar-refractivity contribution in [3.63, 3.8) is 0 Å². The van der Waals surface area contributed by atoms with E-state index < -0.39 is 6.04 Å². The van der Waals surface area contributed by atoms with E-state index in [1.165, 1.54) is 18.4 Å². The normalized spacial score (nSPS) is 27.5. The van der Waals surface area contributed by atoms with E-state index in [2.05, 4.69) is 27.2 Å². The van der Waals surface area contributed by atoms with Crippen molar-refractivity contribution < 1.29 is 14.4 Å². The first kappa shape index (κ1) is 20.6. The first-order valence-electron chi connectivity index (χ1n) is 11.5. The summed E-state index contributed by atoms with van der Waals surface area (Å²) in [5.74, 6) is 0.0617. The SMILES string of the molecule is NCCN1CCN(Cc2ccc3c(c2)CN(C2CCC(=O)NC2=O)C3=O)C(C2CC2)C1. The monoisotopic (exact) mass is 425 g/mol. The second kappa shape index (κ2) is 8.33. The molecule has 3 aliphatic heterocycles. The second-order valence-electron chi connectivity index (χ2n) is 9.36. The third kappa shape index (κ3) is 4.12. The zero-order valence-corrected chi connectivity index (χ0v) is 17.9.